The molecule has 0 aliphatic rings. The number of hydrogen-bond donors (Lipinski definition) is 0. The monoisotopic (exact) mass is 317 g/mol. The van der Waals surface area contributed by atoms with Crippen LogP contribution in [0.2, 0.25) is 0 Å². The molecule has 0 fully saturated rings. The van der Waals surface area contributed by atoms with Crippen LogP contribution in [0.15, 0.2) is 29.2 Å². The fourth-order valence-electron chi connectivity index (χ4n) is 1.95. The maximum atomic E-state index is 12.4. The van der Waals surface area contributed by atoms with Gasteiger partial charge in [-0.1, -0.05) is 32.4 Å². The zero-order valence-corrected chi connectivity index (χ0v) is 14.0. The second kappa shape index (κ2) is 8.01. The molecule has 1 atom stereocenters. The highest BCUT2D eigenvalue weighted by atomic mass is 35.5. The molecule has 0 saturated heterocycles. The number of aryl methyl sites for hydroxylation is 1. The van der Waals surface area contributed by atoms with Gasteiger partial charge >= 0.3 is 0 Å². The van der Waals surface area contributed by atoms with Crippen molar-refractivity contribution in [3.63, 3.8) is 0 Å². The first-order valence-electron chi connectivity index (χ1n) is 7.03. The van der Waals surface area contributed by atoms with E-state index in [1.807, 2.05) is 12.1 Å². The van der Waals surface area contributed by atoms with Gasteiger partial charge in [-0.05, 0) is 36.5 Å². The Labute approximate surface area is 128 Å². The Hall–Kier alpha value is -0.580. The standard InChI is InChI=1S/C15H24ClNO2S/c1-4-13(2)12-17(3)20(18,19)15-9-7-14(8-10-15)6-5-11-16/h7-10,13H,4-6,11-12H2,1-3H3. The van der Waals surface area contributed by atoms with Gasteiger partial charge in [-0.15, -0.1) is 11.6 Å². The van der Waals surface area contributed by atoms with Gasteiger partial charge < -0.3 is 0 Å². The van der Waals surface area contributed by atoms with Crippen molar-refractivity contribution >= 4 is 21.6 Å². The minimum absolute atomic E-state index is 0.359. The lowest BCUT2D eigenvalue weighted by Crippen LogP contribution is -2.31. The molecule has 0 heterocycles. The molecule has 5 heteroatoms. The molecule has 1 rings (SSSR count). The zero-order valence-electron chi connectivity index (χ0n) is 12.5. The molecule has 114 valence electrons. The molecule has 0 aromatic heterocycles. The molecule has 0 radical (unpaired) electrons. The van der Waals surface area contributed by atoms with E-state index in [-0.39, 0.29) is 0 Å². The van der Waals surface area contributed by atoms with Crippen molar-refractivity contribution in [2.45, 2.75) is 38.0 Å². The third kappa shape index (κ3) is 4.76. The van der Waals surface area contributed by atoms with Crippen LogP contribution in [0.1, 0.15) is 32.3 Å². The lowest BCUT2D eigenvalue weighted by Gasteiger charge is -2.20. The molecular weight excluding hydrogens is 294 g/mol. The number of halogens is 1. The molecule has 0 aliphatic carbocycles. The summed E-state index contributed by atoms with van der Waals surface area (Å²) in [5.74, 6) is 0.982. The third-order valence-corrected chi connectivity index (χ3v) is 5.60. The maximum Gasteiger partial charge on any atom is 0.242 e. The lowest BCUT2D eigenvalue weighted by molar-refractivity contribution is 0.393. The Morgan fingerprint density at radius 2 is 1.85 bits per heavy atom. The van der Waals surface area contributed by atoms with Gasteiger partial charge in [-0.2, -0.15) is 0 Å². The summed E-state index contributed by atoms with van der Waals surface area (Å²) in [6.45, 7) is 4.67. The van der Waals surface area contributed by atoms with E-state index < -0.39 is 10.0 Å². The number of benzene rings is 1. The van der Waals surface area contributed by atoms with E-state index in [2.05, 4.69) is 13.8 Å². The first kappa shape index (κ1) is 17.5. The van der Waals surface area contributed by atoms with Crippen LogP contribution >= 0.6 is 11.6 Å². The Balaban J connectivity index is 2.81. The fraction of sp³-hybridized carbons (Fsp3) is 0.600. The van der Waals surface area contributed by atoms with Gasteiger partial charge in [-0.3, -0.25) is 0 Å². The summed E-state index contributed by atoms with van der Waals surface area (Å²) in [7, 11) is -1.73. The van der Waals surface area contributed by atoms with Gasteiger partial charge in [0.2, 0.25) is 10.0 Å². The summed E-state index contributed by atoms with van der Waals surface area (Å²) in [4.78, 5) is 0.359. The van der Waals surface area contributed by atoms with Crippen molar-refractivity contribution in [2.24, 2.45) is 5.92 Å². The van der Waals surface area contributed by atoms with E-state index in [0.717, 1.165) is 24.8 Å². The van der Waals surface area contributed by atoms with E-state index in [9.17, 15) is 8.42 Å². The molecule has 0 bridgehead atoms. The highest BCUT2D eigenvalue weighted by Crippen LogP contribution is 2.17. The summed E-state index contributed by atoms with van der Waals surface area (Å²) in [6, 6.07) is 7.12. The van der Waals surface area contributed by atoms with Crippen LogP contribution in [-0.2, 0) is 16.4 Å². The maximum absolute atomic E-state index is 12.4. The quantitative estimate of drug-likeness (QED) is 0.688. The van der Waals surface area contributed by atoms with Gasteiger partial charge in [0.05, 0.1) is 4.90 Å². The number of sulfonamides is 1. The average molecular weight is 318 g/mol. The molecule has 1 aromatic carbocycles. The highest BCUT2D eigenvalue weighted by Gasteiger charge is 2.21. The lowest BCUT2D eigenvalue weighted by atomic mass is 10.1. The van der Waals surface area contributed by atoms with E-state index in [1.165, 1.54) is 4.31 Å². The molecule has 0 aliphatic heterocycles. The summed E-state index contributed by atoms with van der Waals surface area (Å²) in [6.07, 6.45) is 2.76. The molecule has 0 amide bonds. The summed E-state index contributed by atoms with van der Waals surface area (Å²) in [5, 5.41) is 0. The molecule has 0 N–H and O–H groups in total. The SMILES string of the molecule is CCC(C)CN(C)S(=O)(=O)c1ccc(CCCCl)cc1. The van der Waals surface area contributed by atoms with Crippen LogP contribution in [0.5, 0.6) is 0 Å². The molecule has 3 nitrogen and oxygen atoms in total. The van der Waals surface area contributed by atoms with Crippen molar-refractivity contribution in [3.05, 3.63) is 29.8 Å². The van der Waals surface area contributed by atoms with Gasteiger partial charge in [0, 0.05) is 19.5 Å². The predicted molar refractivity (Wildman–Crippen MR) is 84.8 cm³/mol. The first-order valence-corrected chi connectivity index (χ1v) is 9.00. The van der Waals surface area contributed by atoms with Crippen molar-refractivity contribution in [2.75, 3.05) is 19.5 Å². The van der Waals surface area contributed by atoms with E-state index in [1.54, 1.807) is 19.2 Å². The number of rotatable bonds is 8. The van der Waals surface area contributed by atoms with Crippen LogP contribution in [0.25, 0.3) is 0 Å². The summed E-state index contributed by atoms with van der Waals surface area (Å²) in [5.41, 5.74) is 1.12. The first-order chi connectivity index (χ1) is 9.41. The Kier molecular flexibility index (Phi) is 7.00. The second-order valence-electron chi connectivity index (χ2n) is 5.24. The predicted octanol–water partition coefficient (Wildman–Crippen LogP) is 3.52. The van der Waals surface area contributed by atoms with Crippen LogP contribution in [-0.4, -0.2) is 32.2 Å². The topological polar surface area (TPSA) is 37.4 Å². The molecule has 0 saturated carbocycles. The molecular formula is C15H24ClNO2S. The zero-order chi connectivity index (χ0) is 15.2. The molecule has 20 heavy (non-hydrogen) atoms. The Bertz CT molecular complexity index is 499. The second-order valence-corrected chi connectivity index (χ2v) is 7.66. The number of hydrogen-bond acceptors (Lipinski definition) is 2. The highest BCUT2D eigenvalue weighted by molar-refractivity contribution is 7.89. The van der Waals surface area contributed by atoms with Gasteiger partial charge in [0.25, 0.3) is 0 Å². The molecule has 1 unspecified atom stereocenters. The fourth-order valence-corrected chi connectivity index (χ4v) is 3.37. The van der Waals surface area contributed by atoms with Gasteiger partial charge in [0.15, 0.2) is 0 Å². The van der Waals surface area contributed by atoms with Crippen molar-refractivity contribution in [3.8, 4) is 0 Å². The Morgan fingerprint density at radius 3 is 2.35 bits per heavy atom. The van der Waals surface area contributed by atoms with E-state index >= 15 is 0 Å². The molecule has 1 aromatic rings. The number of nitrogens with zero attached hydrogens (tertiary/aromatic N) is 1. The largest absolute Gasteiger partial charge is 0.242 e. The summed E-state index contributed by atoms with van der Waals surface area (Å²) < 4.78 is 26.3. The minimum Gasteiger partial charge on any atom is -0.207 e. The van der Waals surface area contributed by atoms with Gasteiger partial charge in [0.1, 0.15) is 0 Å². The Morgan fingerprint density at radius 1 is 1.25 bits per heavy atom. The normalized spacial score (nSPS) is 13.7. The van der Waals surface area contributed by atoms with E-state index in [4.69, 9.17) is 11.6 Å². The number of alkyl halides is 1. The van der Waals surface area contributed by atoms with Crippen LogP contribution < -0.4 is 0 Å². The summed E-state index contributed by atoms with van der Waals surface area (Å²) >= 11 is 5.66. The van der Waals surface area contributed by atoms with Crippen molar-refractivity contribution < 1.29 is 8.42 Å². The van der Waals surface area contributed by atoms with Crippen molar-refractivity contribution in [1.29, 1.82) is 0 Å². The van der Waals surface area contributed by atoms with Crippen LogP contribution in [0, 0.1) is 5.92 Å². The minimum atomic E-state index is -3.37. The van der Waals surface area contributed by atoms with Crippen LogP contribution in [0.3, 0.4) is 0 Å². The smallest absolute Gasteiger partial charge is 0.207 e. The molecule has 0 spiro atoms. The van der Waals surface area contributed by atoms with E-state index in [0.29, 0.717) is 23.2 Å². The van der Waals surface area contributed by atoms with Crippen molar-refractivity contribution in [1.82, 2.24) is 4.31 Å². The third-order valence-electron chi connectivity index (χ3n) is 3.50. The van der Waals surface area contributed by atoms with Gasteiger partial charge in [-0.25, -0.2) is 12.7 Å². The average Bonchev–Trinajstić information content (AvgIpc) is 2.45. The van der Waals surface area contributed by atoms with Crippen LogP contribution in [0.4, 0.5) is 0 Å².